The summed E-state index contributed by atoms with van der Waals surface area (Å²) in [6.07, 6.45) is 3.21. The van der Waals surface area contributed by atoms with Crippen molar-refractivity contribution < 1.29 is 4.79 Å². The van der Waals surface area contributed by atoms with Crippen molar-refractivity contribution in [2.24, 2.45) is 0 Å². The Labute approximate surface area is 111 Å². The number of rotatable bonds is 7. The molecule has 1 nitrogen and oxygen atoms in total. The lowest BCUT2D eigenvalue weighted by Crippen LogP contribution is -1.91. The van der Waals surface area contributed by atoms with Crippen LogP contribution in [0.1, 0.15) is 11.1 Å². The zero-order valence-corrected chi connectivity index (χ0v) is 11.4. The fourth-order valence-corrected chi connectivity index (χ4v) is 2.90. The van der Waals surface area contributed by atoms with E-state index in [-0.39, 0.29) is 5.12 Å². The van der Waals surface area contributed by atoms with Gasteiger partial charge in [0.15, 0.2) is 0 Å². The Morgan fingerprint density at radius 2 is 1.88 bits per heavy atom. The molecule has 0 heterocycles. The monoisotopic (exact) mass is 264 g/mol. The van der Waals surface area contributed by atoms with Crippen molar-refractivity contribution in [1.82, 2.24) is 0 Å². The van der Waals surface area contributed by atoms with Crippen LogP contribution in [0, 0.1) is 0 Å². The summed E-state index contributed by atoms with van der Waals surface area (Å²) in [5, 5.41) is 0.0564. The van der Waals surface area contributed by atoms with Crippen molar-refractivity contribution in [3.8, 4) is 0 Å². The van der Waals surface area contributed by atoms with Gasteiger partial charge in [0.2, 0.25) is 5.12 Å². The second-order valence-electron chi connectivity index (χ2n) is 3.37. The van der Waals surface area contributed by atoms with Gasteiger partial charge in [0.25, 0.3) is 0 Å². The smallest absolute Gasteiger partial charge is 0.211 e. The van der Waals surface area contributed by atoms with E-state index in [1.54, 1.807) is 0 Å². The normalized spacial score (nSPS) is 9.88. The van der Waals surface area contributed by atoms with E-state index >= 15 is 0 Å². The fourth-order valence-electron chi connectivity index (χ4n) is 1.20. The molecule has 3 heteroatoms. The Morgan fingerprint density at radius 3 is 2.47 bits per heavy atom. The minimum atomic E-state index is 0.0564. The quantitative estimate of drug-likeness (QED) is 0.547. The summed E-state index contributed by atoms with van der Waals surface area (Å²) in [7, 11) is 0. The van der Waals surface area contributed by atoms with E-state index in [1.165, 1.54) is 23.4 Å². The molecule has 0 aliphatic carbocycles. The van der Waals surface area contributed by atoms with Gasteiger partial charge in [-0.05, 0) is 17.2 Å². The van der Waals surface area contributed by atoms with Gasteiger partial charge in [-0.15, -0.1) is 0 Å². The summed E-state index contributed by atoms with van der Waals surface area (Å²) < 4.78 is 0. The summed E-state index contributed by atoms with van der Waals surface area (Å²) in [5.74, 6) is 2.81. The van der Waals surface area contributed by atoms with Gasteiger partial charge in [-0.2, -0.15) is 11.8 Å². The molecule has 0 fully saturated rings. The van der Waals surface area contributed by atoms with Gasteiger partial charge in [0.1, 0.15) is 0 Å². The average molecular weight is 264 g/mol. The maximum absolute atomic E-state index is 10.9. The minimum absolute atomic E-state index is 0.0564. The van der Waals surface area contributed by atoms with Gasteiger partial charge in [0, 0.05) is 17.3 Å². The first-order valence-corrected chi connectivity index (χ1v) is 7.48. The molecule has 0 aromatic heterocycles. The molecule has 0 bridgehead atoms. The molecular formula is C14H16OS2. The zero-order valence-electron chi connectivity index (χ0n) is 9.72. The Hall–Kier alpha value is -0.930. The SMILES string of the molecule is C=CC(=O)SCCSCc1ccc(C=C)cc1. The molecule has 0 saturated heterocycles. The largest absolute Gasteiger partial charge is 0.282 e. The summed E-state index contributed by atoms with van der Waals surface area (Å²) >= 11 is 3.17. The number of benzene rings is 1. The maximum Gasteiger partial charge on any atom is 0.211 e. The van der Waals surface area contributed by atoms with Crippen LogP contribution < -0.4 is 0 Å². The molecule has 17 heavy (non-hydrogen) atoms. The van der Waals surface area contributed by atoms with Crippen LogP contribution in [-0.4, -0.2) is 16.6 Å². The van der Waals surface area contributed by atoms with Gasteiger partial charge in [-0.3, -0.25) is 4.79 Å². The lowest BCUT2D eigenvalue weighted by molar-refractivity contribution is -0.107. The Kier molecular flexibility index (Phi) is 6.82. The molecule has 90 valence electrons. The minimum Gasteiger partial charge on any atom is -0.282 e. The lowest BCUT2D eigenvalue weighted by Gasteiger charge is -2.02. The van der Waals surface area contributed by atoms with Crippen molar-refractivity contribution in [2.75, 3.05) is 11.5 Å². The van der Waals surface area contributed by atoms with Gasteiger partial charge in [-0.25, -0.2) is 0 Å². The van der Waals surface area contributed by atoms with Crippen LogP contribution in [0.5, 0.6) is 0 Å². The van der Waals surface area contributed by atoms with E-state index in [0.29, 0.717) is 0 Å². The summed E-state index contributed by atoms with van der Waals surface area (Å²) in [5.41, 5.74) is 2.45. The van der Waals surface area contributed by atoms with Crippen LogP contribution in [0.15, 0.2) is 43.5 Å². The highest BCUT2D eigenvalue weighted by atomic mass is 32.2. The molecule has 0 atom stereocenters. The molecule has 0 amide bonds. The highest BCUT2D eigenvalue weighted by molar-refractivity contribution is 8.14. The van der Waals surface area contributed by atoms with Crippen molar-refractivity contribution >= 4 is 34.7 Å². The number of thioether (sulfide) groups is 2. The Morgan fingerprint density at radius 1 is 1.18 bits per heavy atom. The number of carbonyl (C=O) groups is 1. The molecule has 1 rings (SSSR count). The molecule has 0 spiro atoms. The van der Waals surface area contributed by atoms with Crippen molar-refractivity contribution in [2.45, 2.75) is 5.75 Å². The third-order valence-electron chi connectivity index (χ3n) is 2.12. The topological polar surface area (TPSA) is 17.1 Å². The molecule has 1 aromatic carbocycles. The Balaban J connectivity index is 2.19. The van der Waals surface area contributed by atoms with Crippen LogP contribution in [0.3, 0.4) is 0 Å². The second-order valence-corrected chi connectivity index (χ2v) is 5.57. The average Bonchev–Trinajstić information content (AvgIpc) is 2.38. The number of hydrogen-bond donors (Lipinski definition) is 0. The van der Waals surface area contributed by atoms with E-state index < -0.39 is 0 Å². The molecule has 0 N–H and O–H groups in total. The lowest BCUT2D eigenvalue weighted by atomic mass is 10.1. The van der Waals surface area contributed by atoms with Crippen LogP contribution in [0.2, 0.25) is 0 Å². The highest BCUT2D eigenvalue weighted by Gasteiger charge is 1.97. The van der Waals surface area contributed by atoms with Crippen LogP contribution in [-0.2, 0) is 10.5 Å². The van der Waals surface area contributed by atoms with Crippen LogP contribution >= 0.6 is 23.5 Å². The van der Waals surface area contributed by atoms with E-state index in [4.69, 9.17) is 0 Å². The molecular weight excluding hydrogens is 248 g/mol. The van der Waals surface area contributed by atoms with E-state index in [0.717, 1.165) is 22.8 Å². The van der Waals surface area contributed by atoms with Crippen molar-refractivity contribution in [3.05, 3.63) is 54.6 Å². The molecule has 1 aromatic rings. The molecule has 0 unspecified atom stereocenters. The van der Waals surface area contributed by atoms with Gasteiger partial charge < -0.3 is 0 Å². The first-order valence-electron chi connectivity index (χ1n) is 5.34. The van der Waals surface area contributed by atoms with Gasteiger partial charge in [0.05, 0.1) is 0 Å². The van der Waals surface area contributed by atoms with Gasteiger partial charge >= 0.3 is 0 Å². The van der Waals surface area contributed by atoms with Crippen molar-refractivity contribution in [3.63, 3.8) is 0 Å². The predicted molar refractivity (Wildman–Crippen MR) is 80.4 cm³/mol. The van der Waals surface area contributed by atoms with Crippen LogP contribution in [0.4, 0.5) is 0 Å². The Bertz CT molecular complexity index is 382. The standard InChI is InChI=1S/C14H16OS2/c1-3-12-5-7-13(8-6-12)11-16-9-10-17-14(15)4-2/h3-8H,1-2,9-11H2. The van der Waals surface area contributed by atoms with Gasteiger partial charge in [-0.1, -0.05) is 55.3 Å². The second kappa shape index (κ2) is 8.20. The van der Waals surface area contributed by atoms with E-state index in [2.05, 4.69) is 37.4 Å². The summed E-state index contributed by atoms with van der Waals surface area (Å²) in [6, 6.07) is 8.37. The molecule has 0 aliphatic rings. The number of hydrogen-bond acceptors (Lipinski definition) is 3. The highest BCUT2D eigenvalue weighted by Crippen LogP contribution is 2.15. The third kappa shape index (κ3) is 5.80. The maximum atomic E-state index is 10.9. The summed E-state index contributed by atoms with van der Waals surface area (Å²) in [6.45, 7) is 7.16. The fraction of sp³-hybridized carbons (Fsp3) is 0.214. The van der Waals surface area contributed by atoms with E-state index in [1.807, 2.05) is 17.8 Å². The first kappa shape index (κ1) is 14.1. The molecule has 0 saturated carbocycles. The first-order chi connectivity index (χ1) is 8.26. The van der Waals surface area contributed by atoms with Crippen molar-refractivity contribution in [1.29, 1.82) is 0 Å². The molecule has 0 aliphatic heterocycles. The van der Waals surface area contributed by atoms with Crippen LogP contribution in [0.25, 0.3) is 6.08 Å². The third-order valence-corrected chi connectivity index (χ3v) is 4.27. The number of carbonyl (C=O) groups excluding carboxylic acids is 1. The van der Waals surface area contributed by atoms with E-state index in [9.17, 15) is 4.79 Å². The summed E-state index contributed by atoms with van der Waals surface area (Å²) in [4.78, 5) is 10.9. The molecule has 0 radical (unpaired) electrons. The zero-order chi connectivity index (χ0) is 12.5. The predicted octanol–water partition coefficient (Wildman–Crippen LogP) is 4.01.